The zero-order chi connectivity index (χ0) is 13.2. The number of ether oxygens (including phenoxy) is 2. The maximum atomic E-state index is 5.80. The molecule has 2 N–H and O–H groups in total. The summed E-state index contributed by atoms with van der Waals surface area (Å²) in [6.45, 7) is 0.734. The molecule has 1 aromatic carbocycles. The molecule has 0 saturated heterocycles. The number of nitrogens with two attached hydrogens (primary N) is 1. The van der Waals surface area contributed by atoms with Gasteiger partial charge in [0.2, 0.25) is 0 Å². The summed E-state index contributed by atoms with van der Waals surface area (Å²) in [4.78, 5) is 0. The van der Waals surface area contributed by atoms with E-state index < -0.39 is 0 Å². The molecule has 0 bridgehead atoms. The normalized spacial score (nSPS) is 14.4. The smallest absolute Gasteiger partial charge is 0.169 e. The van der Waals surface area contributed by atoms with Crippen molar-refractivity contribution in [1.82, 2.24) is 5.16 Å². The van der Waals surface area contributed by atoms with E-state index in [0.717, 1.165) is 23.7 Å². The molecule has 1 heterocycles. The lowest BCUT2D eigenvalue weighted by molar-refractivity contribution is 0.280. The number of benzene rings is 1. The number of nitrogens with zero attached hydrogens (tertiary/aromatic N) is 1. The molecule has 1 aliphatic rings. The molecule has 1 aromatic heterocycles. The fourth-order valence-electron chi connectivity index (χ4n) is 1.86. The maximum absolute atomic E-state index is 5.80. The molecule has 5 nitrogen and oxygen atoms in total. The van der Waals surface area contributed by atoms with Gasteiger partial charge in [-0.2, -0.15) is 0 Å². The Labute approximate surface area is 111 Å². The lowest BCUT2D eigenvalue weighted by Crippen LogP contribution is -2.00. The van der Waals surface area contributed by atoms with Crippen LogP contribution in [0.25, 0.3) is 11.3 Å². The molecule has 1 fully saturated rings. The Kier molecular flexibility index (Phi) is 3.03. The van der Waals surface area contributed by atoms with Crippen LogP contribution in [0, 0.1) is 5.92 Å². The van der Waals surface area contributed by atoms with E-state index in [2.05, 4.69) is 5.16 Å². The first-order valence-corrected chi connectivity index (χ1v) is 6.29. The predicted molar refractivity (Wildman–Crippen MR) is 71.1 cm³/mol. The molecule has 0 atom stereocenters. The van der Waals surface area contributed by atoms with Gasteiger partial charge >= 0.3 is 0 Å². The van der Waals surface area contributed by atoms with Crippen LogP contribution >= 0.6 is 0 Å². The van der Waals surface area contributed by atoms with E-state index in [1.807, 2.05) is 18.2 Å². The summed E-state index contributed by atoms with van der Waals surface area (Å²) >= 11 is 0. The number of hydrogen-bond acceptors (Lipinski definition) is 5. The first-order valence-electron chi connectivity index (χ1n) is 6.29. The molecule has 19 heavy (non-hydrogen) atoms. The molecular formula is C14H16N2O3. The summed E-state index contributed by atoms with van der Waals surface area (Å²) in [7, 11) is 1.63. The zero-order valence-electron chi connectivity index (χ0n) is 10.8. The van der Waals surface area contributed by atoms with Crippen molar-refractivity contribution in [3.05, 3.63) is 24.3 Å². The van der Waals surface area contributed by atoms with Gasteiger partial charge < -0.3 is 19.7 Å². The molecule has 0 amide bonds. The van der Waals surface area contributed by atoms with Gasteiger partial charge in [-0.15, -0.1) is 0 Å². The second-order valence-electron chi connectivity index (χ2n) is 4.74. The predicted octanol–water partition coefficient (Wildman–Crippen LogP) is 2.72. The fourth-order valence-corrected chi connectivity index (χ4v) is 1.86. The number of anilines is 1. The van der Waals surface area contributed by atoms with Gasteiger partial charge in [-0.05, 0) is 37.0 Å². The zero-order valence-corrected chi connectivity index (χ0v) is 10.8. The summed E-state index contributed by atoms with van der Waals surface area (Å²) in [5, 5.41) is 3.68. The highest BCUT2D eigenvalue weighted by molar-refractivity contribution is 5.64. The third-order valence-electron chi connectivity index (χ3n) is 3.15. The van der Waals surface area contributed by atoms with E-state index in [4.69, 9.17) is 19.7 Å². The molecule has 0 unspecified atom stereocenters. The van der Waals surface area contributed by atoms with Crippen molar-refractivity contribution in [2.75, 3.05) is 19.5 Å². The second kappa shape index (κ2) is 4.84. The van der Waals surface area contributed by atoms with Gasteiger partial charge in [-0.25, -0.2) is 0 Å². The quantitative estimate of drug-likeness (QED) is 0.895. The minimum absolute atomic E-state index is 0.367. The minimum atomic E-state index is 0.367. The van der Waals surface area contributed by atoms with E-state index >= 15 is 0 Å². The van der Waals surface area contributed by atoms with Crippen LogP contribution in [-0.4, -0.2) is 18.9 Å². The average molecular weight is 260 g/mol. The van der Waals surface area contributed by atoms with Crippen LogP contribution in [0.3, 0.4) is 0 Å². The Bertz CT molecular complexity index is 576. The Morgan fingerprint density at radius 2 is 2.16 bits per heavy atom. The van der Waals surface area contributed by atoms with Crippen molar-refractivity contribution in [1.29, 1.82) is 0 Å². The van der Waals surface area contributed by atoms with Crippen molar-refractivity contribution in [2.45, 2.75) is 12.8 Å². The number of hydrogen-bond donors (Lipinski definition) is 1. The summed E-state index contributed by atoms with van der Waals surface area (Å²) in [5.41, 5.74) is 6.43. The van der Waals surface area contributed by atoms with Crippen LogP contribution in [0.1, 0.15) is 12.8 Å². The van der Waals surface area contributed by atoms with Crippen LogP contribution in [0.2, 0.25) is 0 Å². The Morgan fingerprint density at radius 1 is 1.32 bits per heavy atom. The maximum Gasteiger partial charge on any atom is 0.169 e. The highest BCUT2D eigenvalue weighted by Crippen LogP contribution is 2.35. The molecule has 5 heteroatoms. The van der Waals surface area contributed by atoms with Crippen molar-refractivity contribution in [3.8, 4) is 22.8 Å². The Hall–Kier alpha value is -2.17. The molecular weight excluding hydrogens is 244 g/mol. The van der Waals surface area contributed by atoms with E-state index in [0.29, 0.717) is 17.5 Å². The first-order chi connectivity index (χ1) is 9.26. The van der Waals surface area contributed by atoms with E-state index in [9.17, 15) is 0 Å². The fraction of sp³-hybridized carbons (Fsp3) is 0.357. The highest BCUT2D eigenvalue weighted by atomic mass is 16.5. The SMILES string of the molecule is COc1ccc(-c2cc(N)no2)cc1OCC1CC1. The molecule has 2 aromatic rings. The molecule has 0 radical (unpaired) electrons. The van der Waals surface area contributed by atoms with Crippen LogP contribution in [0.15, 0.2) is 28.8 Å². The number of aromatic nitrogens is 1. The third kappa shape index (κ3) is 2.65. The summed E-state index contributed by atoms with van der Waals surface area (Å²) in [5.74, 6) is 3.12. The van der Waals surface area contributed by atoms with Crippen molar-refractivity contribution in [2.24, 2.45) is 5.92 Å². The van der Waals surface area contributed by atoms with Crippen molar-refractivity contribution in [3.63, 3.8) is 0 Å². The summed E-state index contributed by atoms with van der Waals surface area (Å²) in [6.07, 6.45) is 2.50. The highest BCUT2D eigenvalue weighted by Gasteiger charge is 2.22. The molecule has 3 rings (SSSR count). The summed E-state index contributed by atoms with van der Waals surface area (Å²) < 4.78 is 16.2. The van der Waals surface area contributed by atoms with Gasteiger partial charge in [-0.1, -0.05) is 5.16 Å². The topological polar surface area (TPSA) is 70.5 Å². The minimum Gasteiger partial charge on any atom is -0.493 e. The van der Waals surface area contributed by atoms with E-state index in [1.54, 1.807) is 13.2 Å². The number of methoxy groups -OCH3 is 1. The average Bonchev–Trinajstić information content (AvgIpc) is 3.16. The third-order valence-corrected chi connectivity index (χ3v) is 3.15. The summed E-state index contributed by atoms with van der Waals surface area (Å²) in [6, 6.07) is 7.33. The number of rotatable bonds is 5. The molecule has 1 saturated carbocycles. The van der Waals surface area contributed by atoms with Crippen LogP contribution < -0.4 is 15.2 Å². The van der Waals surface area contributed by atoms with Gasteiger partial charge in [0.15, 0.2) is 23.1 Å². The Balaban J connectivity index is 1.86. The second-order valence-corrected chi connectivity index (χ2v) is 4.74. The van der Waals surface area contributed by atoms with Crippen molar-refractivity contribution < 1.29 is 14.0 Å². The van der Waals surface area contributed by atoms with Crippen LogP contribution in [-0.2, 0) is 0 Å². The molecule has 1 aliphatic carbocycles. The van der Waals surface area contributed by atoms with E-state index in [1.165, 1.54) is 12.8 Å². The monoisotopic (exact) mass is 260 g/mol. The lowest BCUT2D eigenvalue weighted by Gasteiger charge is -2.11. The van der Waals surface area contributed by atoms with Gasteiger partial charge in [-0.3, -0.25) is 0 Å². The standard InChI is InChI=1S/C14H16N2O3/c1-17-11-5-4-10(12-7-14(15)16-19-12)6-13(11)18-8-9-2-3-9/h4-7,9H,2-3,8H2,1H3,(H2,15,16). The van der Waals surface area contributed by atoms with Gasteiger partial charge in [0.05, 0.1) is 13.7 Å². The van der Waals surface area contributed by atoms with Gasteiger partial charge in [0, 0.05) is 11.6 Å². The Morgan fingerprint density at radius 3 is 2.79 bits per heavy atom. The largest absolute Gasteiger partial charge is 0.493 e. The molecule has 0 spiro atoms. The molecule has 0 aliphatic heterocycles. The van der Waals surface area contributed by atoms with Gasteiger partial charge in [0.25, 0.3) is 0 Å². The van der Waals surface area contributed by atoms with Crippen molar-refractivity contribution >= 4 is 5.82 Å². The lowest BCUT2D eigenvalue weighted by atomic mass is 10.1. The van der Waals surface area contributed by atoms with Crippen LogP contribution in [0.5, 0.6) is 11.5 Å². The number of nitrogen functional groups attached to an aromatic ring is 1. The first kappa shape index (κ1) is 11.9. The van der Waals surface area contributed by atoms with E-state index in [-0.39, 0.29) is 0 Å². The molecule has 100 valence electrons. The van der Waals surface area contributed by atoms with Gasteiger partial charge in [0.1, 0.15) is 0 Å². The van der Waals surface area contributed by atoms with Crippen LogP contribution in [0.4, 0.5) is 5.82 Å².